The van der Waals surface area contributed by atoms with Crippen molar-refractivity contribution in [1.82, 2.24) is 20.0 Å². The molecule has 6 heteroatoms. The minimum atomic E-state index is -0.179. The number of rotatable bonds is 3. The lowest BCUT2D eigenvalue weighted by molar-refractivity contribution is 0.0932. The van der Waals surface area contributed by atoms with Gasteiger partial charge in [-0.2, -0.15) is 5.10 Å². The van der Waals surface area contributed by atoms with Crippen molar-refractivity contribution in [2.24, 2.45) is 13.0 Å². The molecule has 2 heterocycles. The number of anilines is 1. The predicted octanol–water partition coefficient (Wildman–Crippen LogP) is 0.0739. The number of nitrogen functional groups attached to an aromatic ring is 1. The van der Waals surface area contributed by atoms with Crippen LogP contribution in [0.3, 0.4) is 0 Å². The van der Waals surface area contributed by atoms with Crippen LogP contribution in [-0.4, -0.2) is 47.3 Å². The average molecular weight is 251 g/mol. The summed E-state index contributed by atoms with van der Waals surface area (Å²) in [5.41, 5.74) is 6.47. The summed E-state index contributed by atoms with van der Waals surface area (Å²) < 4.78 is 1.55. The van der Waals surface area contributed by atoms with Gasteiger partial charge in [0.25, 0.3) is 5.91 Å². The van der Waals surface area contributed by atoms with Gasteiger partial charge in [-0.15, -0.1) is 0 Å². The Morgan fingerprint density at radius 3 is 3.00 bits per heavy atom. The number of carbonyl (C=O) groups is 1. The number of nitrogens with one attached hydrogen (secondary N) is 1. The molecule has 0 aromatic carbocycles. The SMILES string of the molecule is CN1CCCC(CNC(=O)c2nn(C)cc2N)C1. The number of hydrogen-bond acceptors (Lipinski definition) is 4. The van der Waals surface area contributed by atoms with Crippen LogP contribution in [0.1, 0.15) is 23.3 Å². The minimum Gasteiger partial charge on any atom is -0.396 e. The average Bonchev–Trinajstić information content (AvgIpc) is 2.66. The second-order valence-corrected chi connectivity index (χ2v) is 5.09. The van der Waals surface area contributed by atoms with Gasteiger partial charge in [-0.25, -0.2) is 0 Å². The van der Waals surface area contributed by atoms with Crippen molar-refractivity contribution in [1.29, 1.82) is 0 Å². The maximum absolute atomic E-state index is 11.9. The second-order valence-electron chi connectivity index (χ2n) is 5.09. The molecule has 1 aliphatic rings. The number of hydrogen-bond donors (Lipinski definition) is 2. The van der Waals surface area contributed by atoms with Gasteiger partial charge in [0.05, 0.1) is 5.69 Å². The molecule has 1 unspecified atom stereocenters. The molecule has 1 aromatic rings. The van der Waals surface area contributed by atoms with Gasteiger partial charge < -0.3 is 16.0 Å². The summed E-state index contributed by atoms with van der Waals surface area (Å²) >= 11 is 0. The van der Waals surface area contributed by atoms with E-state index in [1.807, 2.05) is 0 Å². The molecule has 0 saturated carbocycles. The largest absolute Gasteiger partial charge is 0.396 e. The molecule has 0 bridgehead atoms. The van der Waals surface area contributed by atoms with Crippen LogP contribution in [0.4, 0.5) is 5.69 Å². The van der Waals surface area contributed by atoms with E-state index < -0.39 is 0 Å². The molecule has 0 radical (unpaired) electrons. The predicted molar refractivity (Wildman–Crippen MR) is 70.2 cm³/mol. The monoisotopic (exact) mass is 251 g/mol. The fourth-order valence-corrected chi connectivity index (χ4v) is 2.44. The van der Waals surface area contributed by atoms with Gasteiger partial charge in [0, 0.05) is 26.3 Å². The van der Waals surface area contributed by atoms with Gasteiger partial charge in [0.15, 0.2) is 5.69 Å². The lowest BCUT2D eigenvalue weighted by Crippen LogP contribution is -2.39. The maximum Gasteiger partial charge on any atom is 0.273 e. The Morgan fingerprint density at radius 2 is 2.39 bits per heavy atom. The standard InChI is InChI=1S/C12H21N5O/c1-16-5-3-4-9(7-16)6-14-12(18)11-10(13)8-17(2)15-11/h8-9H,3-7,13H2,1-2H3,(H,14,18). The van der Waals surface area contributed by atoms with Crippen molar-refractivity contribution in [3.05, 3.63) is 11.9 Å². The van der Waals surface area contributed by atoms with E-state index in [0.717, 1.165) is 13.1 Å². The lowest BCUT2D eigenvalue weighted by atomic mass is 9.98. The van der Waals surface area contributed by atoms with E-state index in [4.69, 9.17) is 5.73 Å². The van der Waals surface area contributed by atoms with Gasteiger partial charge in [-0.3, -0.25) is 9.48 Å². The Labute approximate surface area is 107 Å². The normalized spacial score (nSPS) is 20.9. The number of nitrogens with zero attached hydrogens (tertiary/aromatic N) is 3. The number of piperidine rings is 1. The first-order chi connectivity index (χ1) is 8.56. The molecule has 1 aliphatic heterocycles. The quantitative estimate of drug-likeness (QED) is 0.797. The maximum atomic E-state index is 11.9. The Hall–Kier alpha value is -1.56. The first-order valence-corrected chi connectivity index (χ1v) is 6.32. The molecule has 1 aromatic heterocycles. The molecule has 0 spiro atoms. The van der Waals surface area contributed by atoms with Gasteiger partial charge in [0.1, 0.15) is 0 Å². The molecule has 2 rings (SSSR count). The Balaban J connectivity index is 1.86. The first kappa shape index (κ1) is 12.9. The number of aryl methyl sites for hydroxylation is 1. The molecular formula is C12H21N5O. The van der Waals surface area contributed by atoms with Crippen LogP contribution in [0, 0.1) is 5.92 Å². The van der Waals surface area contributed by atoms with Crippen molar-refractivity contribution in [2.75, 3.05) is 32.4 Å². The number of nitrogens with two attached hydrogens (primary N) is 1. The van der Waals surface area contributed by atoms with Gasteiger partial charge in [0.2, 0.25) is 0 Å². The Bertz CT molecular complexity index is 428. The summed E-state index contributed by atoms with van der Waals surface area (Å²) in [6.45, 7) is 2.88. The van der Waals surface area contributed by atoms with Crippen molar-refractivity contribution in [2.45, 2.75) is 12.8 Å². The summed E-state index contributed by atoms with van der Waals surface area (Å²) in [7, 11) is 3.87. The molecule has 1 fully saturated rings. The molecule has 1 saturated heterocycles. The number of carbonyl (C=O) groups excluding carboxylic acids is 1. The van der Waals surface area contributed by atoms with Gasteiger partial charge in [-0.05, 0) is 32.4 Å². The van der Waals surface area contributed by atoms with E-state index in [9.17, 15) is 4.79 Å². The van der Waals surface area contributed by atoms with Crippen LogP contribution in [0.5, 0.6) is 0 Å². The highest BCUT2D eigenvalue weighted by Crippen LogP contribution is 2.14. The van der Waals surface area contributed by atoms with Crippen LogP contribution >= 0.6 is 0 Å². The molecular weight excluding hydrogens is 230 g/mol. The molecule has 0 aliphatic carbocycles. The third kappa shape index (κ3) is 3.01. The zero-order chi connectivity index (χ0) is 13.1. The van der Waals surface area contributed by atoms with E-state index in [2.05, 4.69) is 22.4 Å². The second kappa shape index (κ2) is 5.39. The minimum absolute atomic E-state index is 0.179. The fraction of sp³-hybridized carbons (Fsp3) is 0.667. The molecule has 1 amide bonds. The summed E-state index contributed by atoms with van der Waals surface area (Å²) in [6, 6.07) is 0. The van der Waals surface area contributed by atoms with Crippen LogP contribution in [0.25, 0.3) is 0 Å². The van der Waals surface area contributed by atoms with Crippen molar-refractivity contribution in [3.63, 3.8) is 0 Å². The molecule has 1 atom stereocenters. The highest BCUT2D eigenvalue weighted by molar-refractivity contribution is 5.96. The van der Waals surface area contributed by atoms with Gasteiger partial charge >= 0.3 is 0 Å². The van der Waals surface area contributed by atoms with Crippen molar-refractivity contribution < 1.29 is 4.79 Å². The zero-order valence-corrected chi connectivity index (χ0v) is 11.0. The first-order valence-electron chi connectivity index (χ1n) is 6.32. The highest BCUT2D eigenvalue weighted by Gasteiger charge is 2.19. The molecule has 18 heavy (non-hydrogen) atoms. The number of amides is 1. The fourth-order valence-electron chi connectivity index (χ4n) is 2.44. The van der Waals surface area contributed by atoms with Crippen LogP contribution in [0.2, 0.25) is 0 Å². The smallest absolute Gasteiger partial charge is 0.273 e. The summed E-state index contributed by atoms with van der Waals surface area (Å²) in [5, 5.41) is 6.98. The van der Waals surface area contributed by atoms with Crippen LogP contribution in [-0.2, 0) is 7.05 Å². The lowest BCUT2D eigenvalue weighted by Gasteiger charge is -2.29. The third-order valence-electron chi connectivity index (χ3n) is 3.35. The number of likely N-dealkylation sites (tertiary alicyclic amines) is 1. The van der Waals surface area contributed by atoms with E-state index >= 15 is 0 Å². The van der Waals surface area contributed by atoms with E-state index in [1.165, 1.54) is 12.8 Å². The topological polar surface area (TPSA) is 76.2 Å². The van der Waals surface area contributed by atoms with Gasteiger partial charge in [-0.1, -0.05) is 0 Å². The molecule has 3 N–H and O–H groups in total. The van der Waals surface area contributed by atoms with Crippen LogP contribution in [0.15, 0.2) is 6.20 Å². The Morgan fingerprint density at radius 1 is 1.61 bits per heavy atom. The zero-order valence-electron chi connectivity index (χ0n) is 11.0. The van der Waals surface area contributed by atoms with E-state index in [-0.39, 0.29) is 5.91 Å². The van der Waals surface area contributed by atoms with E-state index in [1.54, 1.807) is 17.9 Å². The summed E-state index contributed by atoms with van der Waals surface area (Å²) in [5.74, 6) is 0.346. The van der Waals surface area contributed by atoms with E-state index in [0.29, 0.717) is 23.8 Å². The van der Waals surface area contributed by atoms with Crippen molar-refractivity contribution >= 4 is 11.6 Å². The van der Waals surface area contributed by atoms with Crippen molar-refractivity contribution in [3.8, 4) is 0 Å². The highest BCUT2D eigenvalue weighted by atomic mass is 16.2. The summed E-state index contributed by atoms with van der Waals surface area (Å²) in [4.78, 5) is 14.2. The molecule has 6 nitrogen and oxygen atoms in total. The molecule has 100 valence electrons. The summed E-state index contributed by atoms with van der Waals surface area (Å²) in [6.07, 6.45) is 4.01. The third-order valence-corrected chi connectivity index (χ3v) is 3.35. The van der Waals surface area contributed by atoms with Crippen LogP contribution < -0.4 is 11.1 Å². The number of aromatic nitrogens is 2. The Kier molecular flexibility index (Phi) is 3.86.